The van der Waals surface area contributed by atoms with Crippen molar-refractivity contribution in [1.82, 2.24) is 24.6 Å². The number of amides is 1. The van der Waals surface area contributed by atoms with Crippen LogP contribution in [0.5, 0.6) is 0 Å². The van der Waals surface area contributed by atoms with Crippen LogP contribution in [0.25, 0.3) is 17.1 Å². The first-order valence-corrected chi connectivity index (χ1v) is 7.01. The van der Waals surface area contributed by atoms with Crippen molar-refractivity contribution in [1.29, 1.82) is 0 Å². The molecule has 22 heavy (non-hydrogen) atoms. The highest BCUT2D eigenvalue weighted by atomic mass is 16.1. The molecule has 0 aliphatic heterocycles. The van der Waals surface area contributed by atoms with Gasteiger partial charge in [-0.05, 0) is 6.92 Å². The maximum Gasteiger partial charge on any atom is 0.241 e. The summed E-state index contributed by atoms with van der Waals surface area (Å²) in [5.74, 6) is 0.763. The van der Waals surface area contributed by atoms with E-state index in [1.807, 2.05) is 29.1 Å². The number of nitrogens with zero attached hydrogens (tertiary/aromatic N) is 4. The molecule has 0 spiro atoms. The SMILES string of the molecule is CNC(=O)Cn1cc(-n2ccnc2-c2ccc(C)cc2)cn1. The van der Waals surface area contributed by atoms with Gasteiger partial charge in [-0.15, -0.1) is 0 Å². The molecule has 2 heterocycles. The topological polar surface area (TPSA) is 64.7 Å². The molecule has 1 N–H and O–H groups in total. The summed E-state index contributed by atoms with van der Waals surface area (Å²) in [6.07, 6.45) is 7.19. The third-order valence-corrected chi connectivity index (χ3v) is 3.43. The molecular weight excluding hydrogens is 278 g/mol. The molecule has 0 radical (unpaired) electrons. The lowest BCUT2D eigenvalue weighted by molar-refractivity contribution is -0.121. The Hall–Kier alpha value is -2.89. The van der Waals surface area contributed by atoms with E-state index in [0.717, 1.165) is 17.1 Å². The molecule has 0 atom stereocenters. The van der Waals surface area contributed by atoms with Crippen LogP contribution in [-0.4, -0.2) is 32.3 Å². The Morgan fingerprint density at radius 2 is 2.05 bits per heavy atom. The number of nitrogens with one attached hydrogen (secondary N) is 1. The van der Waals surface area contributed by atoms with Gasteiger partial charge in [0.15, 0.2) is 0 Å². The fourth-order valence-electron chi connectivity index (χ4n) is 2.22. The summed E-state index contributed by atoms with van der Waals surface area (Å²) >= 11 is 0. The molecule has 6 nitrogen and oxygen atoms in total. The molecule has 1 amide bonds. The normalized spacial score (nSPS) is 10.6. The van der Waals surface area contributed by atoms with Crippen LogP contribution in [0.1, 0.15) is 5.56 Å². The Labute approximate surface area is 128 Å². The van der Waals surface area contributed by atoms with Crippen LogP contribution in [0, 0.1) is 6.92 Å². The van der Waals surface area contributed by atoms with Crippen molar-refractivity contribution >= 4 is 5.91 Å². The van der Waals surface area contributed by atoms with Crippen LogP contribution in [-0.2, 0) is 11.3 Å². The highest BCUT2D eigenvalue weighted by molar-refractivity contribution is 5.75. The fraction of sp³-hybridized carbons (Fsp3) is 0.188. The number of hydrogen-bond donors (Lipinski definition) is 1. The van der Waals surface area contributed by atoms with Gasteiger partial charge in [0.05, 0.1) is 11.9 Å². The summed E-state index contributed by atoms with van der Waals surface area (Å²) in [5.41, 5.74) is 3.12. The van der Waals surface area contributed by atoms with E-state index < -0.39 is 0 Å². The number of carbonyl (C=O) groups excluding carboxylic acids is 1. The molecule has 0 saturated carbocycles. The average molecular weight is 295 g/mol. The molecule has 2 aromatic heterocycles. The summed E-state index contributed by atoms with van der Waals surface area (Å²) in [7, 11) is 1.61. The van der Waals surface area contributed by atoms with E-state index in [1.54, 1.807) is 24.1 Å². The Morgan fingerprint density at radius 1 is 1.27 bits per heavy atom. The number of aromatic nitrogens is 4. The third-order valence-electron chi connectivity index (χ3n) is 3.43. The van der Waals surface area contributed by atoms with Gasteiger partial charge in [-0.3, -0.25) is 14.0 Å². The summed E-state index contributed by atoms with van der Waals surface area (Å²) in [6.45, 7) is 2.25. The lowest BCUT2D eigenvalue weighted by atomic mass is 10.1. The van der Waals surface area contributed by atoms with E-state index in [2.05, 4.69) is 34.5 Å². The largest absolute Gasteiger partial charge is 0.358 e. The Balaban J connectivity index is 1.92. The third kappa shape index (κ3) is 2.76. The molecule has 6 heteroatoms. The van der Waals surface area contributed by atoms with Gasteiger partial charge in [-0.1, -0.05) is 29.8 Å². The monoisotopic (exact) mass is 295 g/mol. The van der Waals surface area contributed by atoms with Gasteiger partial charge in [0.25, 0.3) is 0 Å². The van der Waals surface area contributed by atoms with Gasteiger partial charge in [-0.25, -0.2) is 4.98 Å². The lowest BCUT2D eigenvalue weighted by Crippen LogP contribution is -2.23. The second-order valence-electron chi connectivity index (χ2n) is 5.06. The van der Waals surface area contributed by atoms with Crippen LogP contribution in [0.2, 0.25) is 0 Å². The van der Waals surface area contributed by atoms with Crippen LogP contribution in [0.4, 0.5) is 0 Å². The zero-order chi connectivity index (χ0) is 15.5. The second kappa shape index (κ2) is 5.85. The summed E-state index contributed by atoms with van der Waals surface area (Å²) in [5, 5.41) is 6.80. The Morgan fingerprint density at radius 3 is 2.77 bits per heavy atom. The summed E-state index contributed by atoms with van der Waals surface area (Å²) < 4.78 is 3.56. The molecule has 1 aromatic carbocycles. The van der Waals surface area contributed by atoms with Crippen molar-refractivity contribution in [3.63, 3.8) is 0 Å². The van der Waals surface area contributed by atoms with E-state index in [1.165, 1.54) is 5.56 Å². The lowest BCUT2D eigenvalue weighted by Gasteiger charge is -2.05. The molecule has 0 aliphatic carbocycles. The number of rotatable bonds is 4. The number of benzene rings is 1. The maximum atomic E-state index is 11.4. The number of likely N-dealkylation sites (N-methyl/N-ethyl adjacent to an activating group) is 1. The van der Waals surface area contributed by atoms with Gasteiger partial charge < -0.3 is 5.32 Å². The molecule has 0 unspecified atom stereocenters. The van der Waals surface area contributed by atoms with Crippen molar-refractivity contribution < 1.29 is 4.79 Å². The minimum atomic E-state index is -0.0842. The van der Waals surface area contributed by atoms with Crippen molar-refractivity contribution in [2.24, 2.45) is 0 Å². The second-order valence-corrected chi connectivity index (χ2v) is 5.06. The molecule has 0 bridgehead atoms. The highest BCUT2D eigenvalue weighted by Crippen LogP contribution is 2.21. The first-order valence-electron chi connectivity index (χ1n) is 7.01. The van der Waals surface area contributed by atoms with Crippen molar-refractivity contribution in [3.8, 4) is 17.1 Å². The van der Waals surface area contributed by atoms with Crippen LogP contribution >= 0.6 is 0 Å². The number of hydrogen-bond acceptors (Lipinski definition) is 3. The Kier molecular flexibility index (Phi) is 3.74. The van der Waals surface area contributed by atoms with E-state index in [-0.39, 0.29) is 12.5 Å². The maximum absolute atomic E-state index is 11.4. The van der Waals surface area contributed by atoms with Gasteiger partial charge in [0.2, 0.25) is 5.91 Å². The number of imidazole rings is 1. The van der Waals surface area contributed by atoms with Gasteiger partial charge >= 0.3 is 0 Å². The van der Waals surface area contributed by atoms with Crippen molar-refractivity contribution in [3.05, 3.63) is 54.6 Å². The first kappa shape index (κ1) is 14.1. The molecule has 0 fully saturated rings. The molecular formula is C16H17N5O. The summed E-state index contributed by atoms with van der Waals surface area (Å²) in [6, 6.07) is 8.21. The minimum absolute atomic E-state index is 0.0842. The predicted octanol–water partition coefficient (Wildman–Crippen LogP) is 1.79. The van der Waals surface area contributed by atoms with Gasteiger partial charge in [0, 0.05) is 31.2 Å². The van der Waals surface area contributed by atoms with Crippen molar-refractivity contribution in [2.45, 2.75) is 13.5 Å². The standard InChI is InChI=1S/C16H17N5O/c1-12-3-5-13(6-4-12)16-18-7-8-21(16)14-9-19-20(10-14)11-15(22)17-2/h3-10H,11H2,1-2H3,(H,17,22). The zero-order valence-corrected chi connectivity index (χ0v) is 12.5. The quantitative estimate of drug-likeness (QED) is 0.798. The zero-order valence-electron chi connectivity index (χ0n) is 12.5. The smallest absolute Gasteiger partial charge is 0.241 e. The van der Waals surface area contributed by atoms with Crippen LogP contribution < -0.4 is 5.32 Å². The minimum Gasteiger partial charge on any atom is -0.358 e. The fourth-order valence-corrected chi connectivity index (χ4v) is 2.22. The molecule has 3 aromatic rings. The molecule has 0 aliphatic rings. The molecule has 3 rings (SSSR count). The predicted molar refractivity (Wildman–Crippen MR) is 83.6 cm³/mol. The van der Waals surface area contributed by atoms with E-state index >= 15 is 0 Å². The van der Waals surface area contributed by atoms with Gasteiger partial charge in [0.1, 0.15) is 12.4 Å². The number of aryl methyl sites for hydroxylation is 1. The molecule has 112 valence electrons. The van der Waals surface area contributed by atoms with Crippen molar-refractivity contribution in [2.75, 3.05) is 7.05 Å². The first-order chi connectivity index (χ1) is 10.7. The van der Waals surface area contributed by atoms with E-state index in [0.29, 0.717) is 0 Å². The number of carbonyl (C=O) groups is 1. The molecule has 0 saturated heterocycles. The van der Waals surface area contributed by atoms with E-state index in [9.17, 15) is 4.79 Å². The Bertz CT molecular complexity index is 785. The van der Waals surface area contributed by atoms with E-state index in [4.69, 9.17) is 0 Å². The van der Waals surface area contributed by atoms with Crippen LogP contribution in [0.3, 0.4) is 0 Å². The average Bonchev–Trinajstić information content (AvgIpc) is 3.16. The summed E-state index contributed by atoms with van der Waals surface area (Å²) in [4.78, 5) is 15.8. The van der Waals surface area contributed by atoms with Gasteiger partial charge in [-0.2, -0.15) is 5.10 Å². The van der Waals surface area contributed by atoms with Crippen LogP contribution in [0.15, 0.2) is 49.1 Å². The highest BCUT2D eigenvalue weighted by Gasteiger charge is 2.10.